The van der Waals surface area contributed by atoms with Crippen molar-refractivity contribution in [1.29, 1.82) is 0 Å². The smallest absolute Gasteiger partial charge is 0.358 e. The zero-order valence-electron chi connectivity index (χ0n) is 10.4. The van der Waals surface area contributed by atoms with Crippen LogP contribution in [0.25, 0.3) is 5.69 Å². The summed E-state index contributed by atoms with van der Waals surface area (Å²) in [5, 5.41) is 16.2. The van der Waals surface area contributed by atoms with Crippen LogP contribution < -0.4 is 0 Å². The van der Waals surface area contributed by atoms with Crippen molar-refractivity contribution in [2.75, 3.05) is 7.11 Å². The van der Waals surface area contributed by atoms with Crippen molar-refractivity contribution in [1.82, 2.24) is 15.0 Å². The average molecular weight is 265 g/mol. The molecule has 0 aliphatic heterocycles. The molecule has 1 N–H and O–H groups in total. The van der Waals surface area contributed by atoms with Gasteiger partial charge in [-0.3, -0.25) is 0 Å². The molecule has 0 aliphatic rings. The van der Waals surface area contributed by atoms with Crippen LogP contribution in [-0.2, 0) is 11.3 Å². The molecule has 2 rings (SSSR count). The van der Waals surface area contributed by atoms with Crippen molar-refractivity contribution in [3.63, 3.8) is 0 Å². The number of methoxy groups -OCH3 is 1. The molecule has 0 radical (unpaired) electrons. The SMILES string of the molecule is COCc1c(C(=O)O)nnn1-c1ccc(C)cc1F. The van der Waals surface area contributed by atoms with E-state index < -0.39 is 11.8 Å². The minimum Gasteiger partial charge on any atom is -0.476 e. The standard InChI is InChI=1S/C12H12FN3O3/c1-7-3-4-9(8(13)5-7)16-10(6-19-2)11(12(17)18)14-15-16/h3-5H,6H2,1-2H3,(H,17,18). The second kappa shape index (κ2) is 5.15. The molecular formula is C12H12FN3O3. The van der Waals surface area contributed by atoms with Crippen LogP contribution in [0.5, 0.6) is 0 Å². The van der Waals surface area contributed by atoms with Gasteiger partial charge in [-0.25, -0.2) is 13.9 Å². The molecule has 7 heteroatoms. The van der Waals surface area contributed by atoms with E-state index in [-0.39, 0.29) is 23.7 Å². The highest BCUT2D eigenvalue weighted by molar-refractivity contribution is 5.86. The molecule has 100 valence electrons. The Morgan fingerprint density at radius 2 is 2.26 bits per heavy atom. The summed E-state index contributed by atoms with van der Waals surface area (Å²) >= 11 is 0. The minimum absolute atomic E-state index is 0.0258. The number of carboxylic acids is 1. The fourth-order valence-electron chi connectivity index (χ4n) is 1.71. The van der Waals surface area contributed by atoms with Crippen LogP contribution in [0, 0.1) is 12.7 Å². The van der Waals surface area contributed by atoms with Crippen LogP contribution in [-0.4, -0.2) is 33.2 Å². The van der Waals surface area contributed by atoms with E-state index in [0.717, 1.165) is 10.2 Å². The van der Waals surface area contributed by atoms with E-state index in [4.69, 9.17) is 9.84 Å². The van der Waals surface area contributed by atoms with Crippen molar-refractivity contribution in [3.8, 4) is 5.69 Å². The van der Waals surface area contributed by atoms with E-state index in [9.17, 15) is 9.18 Å². The van der Waals surface area contributed by atoms with E-state index in [1.807, 2.05) is 0 Å². The van der Waals surface area contributed by atoms with E-state index in [2.05, 4.69) is 10.3 Å². The number of aryl methyl sites for hydroxylation is 1. The molecule has 0 fully saturated rings. The van der Waals surface area contributed by atoms with Crippen molar-refractivity contribution < 1.29 is 19.0 Å². The van der Waals surface area contributed by atoms with Gasteiger partial charge in [0.25, 0.3) is 0 Å². The second-order valence-electron chi connectivity index (χ2n) is 3.99. The van der Waals surface area contributed by atoms with Crippen LogP contribution in [0.2, 0.25) is 0 Å². The number of halogens is 1. The molecule has 1 aromatic heterocycles. The highest BCUT2D eigenvalue weighted by Gasteiger charge is 2.21. The molecule has 6 nitrogen and oxygen atoms in total. The van der Waals surface area contributed by atoms with Gasteiger partial charge in [-0.05, 0) is 24.6 Å². The molecule has 1 heterocycles. The normalized spacial score (nSPS) is 10.7. The van der Waals surface area contributed by atoms with Gasteiger partial charge >= 0.3 is 5.97 Å². The van der Waals surface area contributed by atoms with E-state index in [1.54, 1.807) is 13.0 Å². The first kappa shape index (κ1) is 13.2. The summed E-state index contributed by atoms with van der Waals surface area (Å²) in [5.41, 5.74) is 0.838. The molecule has 1 aromatic carbocycles. The first-order valence-corrected chi connectivity index (χ1v) is 5.48. The van der Waals surface area contributed by atoms with Gasteiger partial charge in [-0.1, -0.05) is 11.3 Å². The molecule has 0 saturated carbocycles. The van der Waals surface area contributed by atoms with Crippen LogP contribution >= 0.6 is 0 Å². The Kier molecular flexibility index (Phi) is 3.57. The van der Waals surface area contributed by atoms with Gasteiger partial charge in [-0.15, -0.1) is 5.10 Å². The summed E-state index contributed by atoms with van der Waals surface area (Å²) in [6.45, 7) is 1.73. The summed E-state index contributed by atoms with van der Waals surface area (Å²) in [6, 6.07) is 4.56. The first-order valence-electron chi connectivity index (χ1n) is 5.48. The molecule has 19 heavy (non-hydrogen) atoms. The lowest BCUT2D eigenvalue weighted by Crippen LogP contribution is -2.09. The van der Waals surface area contributed by atoms with Gasteiger partial charge in [0, 0.05) is 7.11 Å². The molecule has 0 aliphatic carbocycles. The van der Waals surface area contributed by atoms with E-state index in [1.165, 1.54) is 19.2 Å². The summed E-state index contributed by atoms with van der Waals surface area (Å²) in [4.78, 5) is 11.0. The lowest BCUT2D eigenvalue weighted by atomic mass is 10.2. The molecule has 0 spiro atoms. The maximum atomic E-state index is 13.9. The second-order valence-corrected chi connectivity index (χ2v) is 3.99. The number of aromatic carboxylic acids is 1. The fraction of sp³-hybridized carbons (Fsp3) is 0.250. The molecule has 0 saturated heterocycles. The molecule has 2 aromatic rings. The van der Waals surface area contributed by atoms with Crippen LogP contribution in [0.4, 0.5) is 4.39 Å². The number of hydrogen-bond donors (Lipinski definition) is 1. The van der Waals surface area contributed by atoms with Gasteiger partial charge in [0.1, 0.15) is 17.2 Å². The number of benzene rings is 1. The number of nitrogens with zero attached hydrogens (tertiary/aromatic N) is 3. The van der Waals surface area contributed by atoms with Crippen LogP contribution in [0.3, 0.4) is 0 Å². The first-order chi connectivity index (χ1) is 9.04. The van der Waals surface area contributed by atoms with Gasteiger partial charge in [0.05, 0.1) is 6.61 Å². The number of hydrogen-bond acceptors (Lipinski definition) is 4. The number of carbonyl (C=O) groups is 1. The summed E-state index contributed by atoms with van der Waals surface area (Å²) in [7, 11) is 1.41. The summed E-state index contributed by atoms with van der Waals surface area (Å²) in [6.07, 6.45) is 0. The third-order valence-corrected chi connectivity index (χ3v) is 2.58. The van der Waals surface area contributed by atoms with Crippen molar-refractivity contribution in [2.24, 2.45) is 0 Å². The van der Waals surface area contributed by atoms with Crippen LogP contribution in [0.1, 0.15) is 21.7 Å². The predicted molar refractivity (Wildman–Crippen MR) is 63.7 cm³/mol. The topological polar surface area (TPSA) is 77.2 Å². The monoisotopic (exact) mass is 265 g/mol. The van der Waals surface area contributed by atoms with Crippen LogP contribution in [0.15, 0.2) is 18.2 Å². The maximum Gasteiger partial charge on any atom is 0.358 e. The van der Waals surface area contributed by atoms with Gasteiger partial charge in [0.15, 0.2) is 5.69 Å². The van der Waals surface area contributed by atoms with E-state index >= 15 is 0 Å². The Bertz CT molecular complexity index is 625. The summed E-state index contributed by atoms with van der Waals surface area (Å²) < 4.78 is 19.9. The van der Waals surface area contributed by atoms with E-state index in [0.29, 0.717) is 0 Å². The molecular weight excluding hydrogens is 253 g/mol. The van der Waals surface area contributed by atoms with Crippen molar-refractivity contribution >= 4 is 5.97 Å². The van der Waals surface area contributed by atoms with Gasteiger partial charge in [0.2, 0.25) is 0 Å². The van der Waals surface area contributed by atoms with Crippen molar-refractivity contribution in [2.45, 2.75) is 13.5 Å². The maximum absolute atomic E-state index is 13.9. The average Bonchev–Trinajstić information content (AvgIpc) is 2.73. The Morgan fingerprint density at radius 1 is 1.53 bits per heavy atom. The summed E-state index contributed by atoms with van der Waals surface area (Å²) in [5.74, 6) is -1.73. The quantitative estimate of drug-likeness (QED) is 0.907. The lowest BCUT2D eigenvalue weighted by Gasteiger charge is -2.07. The highest BCUT2D eigenvalue weighted by atomic mass is 19.1. The largest absolute Gasteiger partial charge is 0.476 e. The zero-order chi connectivity index (χ0) is 14.0. The van der Waals surface area contributed by atoms with Crippen molar-refractivity contribution in [3.05, 3.63) is 41.0 Å². The Morgan fingerprint density at radius 3 is 2.84 bits per heavy atom. The fourth-order valence-corrected chi connectivity index (χ4v) is 1.71. The Balaban J connectivity index is 2.58. The van der Waals surface area contributed by atoms with Gasteiger partial charge < -0.3 is 9.84 Å². The molecule has 0 unspecified atom stereocenters. The number of aromatic nitrogens is 3. The number of carboxylic acid groups (broad SMARTS) is 1. The van der Waals surface area contributed by atoms with Gasteiger partial charge in [-0.2, -0.15) is 0 Å². The zero-order valence-corrected chi connectivity index (χ0v) is 10.4. The minimum atomic E-state index is -1.23. The molecule has 0 atom stereocenters. The lowest BCUT2D eigenvalue weighted by molar-refractivity contribution is 0.0685. The molecule has 0 bridgehead atoms. The third kappa shape index (κ3) is 2.45. The number of ether oxygens (including phenoxy) is 1. The predicted octanol–water partition coefficient (Wildman–Crippen LogP) is 1.56. The third-order valence-electron chi connectivity index (χ3n) is 2.58. The highest BCUT2D eigenvalue weighted by Crippen LogP contribution is 2.18. The molecule has 0 amide bonds. The Labute approximate surface area is 108 Å². The Hall–Kier alpha value is -2.28. The number of rotatable bonds is 4.